The molecule has 54 heavy (non-hydrogen) atoms. The van der Waals surface area contributed by atoms with E-state index in [9.17, 15) is 14.4 Å². The van der Waals surface area contributed by atoms with Crippen LogP contribution in [0, 0.1) is 17.8 Å². The number of amides is 3. The van der Waals surface area contributed by atoms with Crippen LogP contribution >= 0.6 is 0 Å². The van der Waals surface area contributed by atoms with E-state index in [2.05, 4.69) is 35.3 Å². The SMILES string of the molecule is CC1CN(c2ccccc2)NC1=O.CC1CN(c2ccccc2)NC1=O.CCCCCCCCCCCCCCCCC1CN(c2ccccc2)NC1=O. The summed E-state index contributed by atoms with van der Waals surface area (Å²) in [5.41, 5.74) is 11.8. The summed E-state index contributed by atoms with van der Waals surface area (Å²) in [6, 6.07) is 29.9. The van der Waals surface area contributed by atoms with Crippen molar-refractivity contribution in [1.29, 1.82) is 0 Å². The number of hydrogen-bond donors (Lipinski definition) is 3. The van der Waals surface area contributed by atoms with Gasteiger partial charge in [-0.1, -0.05) is 165 Å². The molecular formula is C45H66N6O3. The first-order valence-electron chi connectivity index (χ1n) is 20.7. The zero-order valence-corrected chi connectivity index (χ0v) is 33.2. The number of nitrogens with one attached hydrogen (secondary N) is 3. The minimum atomic E-state index is 0.0835. The summed E-state index contributed by atoms with van der Waals surface area (Å²) in [7, 11) is 0. The quantitative estimate of drug-likeness (QED) is 0.113. The molecule has 0 bridgehead atoms. The summed E-state index contributed by atoms with van der Waals surface area (Å²) < 4.78 is 0. The van der Waals surface area contributed by atoms with E-state index < -0.39 is 0 Å². The fraction of sp³-hybridized carbons (Fsp3) is 0.533. The van der Waals surface area contributed by atoms with Gasteiger partial charge in [-0.3, -0.25) is 45.7 Å². The molecule has 9 nitrogen and oxygen atoms in total. The zero-order chi connectivity index (χ0) is 38.4. The van der Waals surface area contributed by atoms with Crippen molar-refractivity contribution in [2.24, 2.45) is 17.8 Å². The first kappa shape index (κ1) is 42.2. The van der Waals surface area contributed by atoms with Gasteiger partial charge in [-0.15, -0.1) is 0 Å². The van der Waals surface area contributed by atoms with Crippen LogP contribution in [0.3, 0.4) is 0 Å². The molecule has 0 aromatic heterocycles. The normalized spacial score (nSPS) is 19.1. The van der Waals surface area contributed by atoms with Crippen molar-refractivity contribution in [2.45, 2.75) is 117 Å². The Bertz CT molecular complexity index is 1430. The van der Waals surface area contributed by atoms with E-state index in [1.165, 1.54) is 89.9 Å². The maximum absolute atomic E-state index is 12.2. The average molecular weight is 739 g/mol. The number of para-hydroxylation sites is 3. The molecule has 0 aliphatic carbocycles. The second-order valence-electron chi connectivity index (χ2n) is 15.2. The Morgan fingerprint density at radius 3 is 1.09 bits per heavy atom. The Labute approximate surface area is 325 Å². The van der Waals surface area contributed by atoms with Gasteiger partial charge in [0.15, 0.2) is 0 Å². The molecule has 3 N–H and O–H groups in total. The minimum absolute atomic E-state index is 0.0835. The number of anilines is 3. The number of rotatable bonds is 18. The fourth-order valence-electron chi connectivity index (χ4n) is 7.01. The predicted octanol–water partition coefficient (Wildman–Crippen LogP) is 9.37. The highest BCUT2D eigenvalue weighted by atomic mass is 16.2. The van der Waals surface area contributed by atoms with Crippen molar-refractivity contribution < 1.29 is 14.4 Å². The van der Waals surface area contributed by atoms with Crippen LogP contribution in [0.15, 0.2) is 91.0 Å². The van der Waals surface area contributed by atoms with Crippen LogP contribution in [0.25, 0.3) is 0 Å². The lowest BCUT2D eigenvalue weighted by molar-refractivity contribution is -0.123. The Morgan fingerprint density at radius 2 is 0.759 bits per heavy atom. The van der Waals surface area contributed by atoms with Gasteiger partial charge in [0, 0.05) is 0 Å². The van der Waals surface area contributed by atoms with Gasteiger partial charge in [0.05, 0.1) is 54.5 Å². The molecule has 294 valence electrons. The molecule has 3 aromatic carbocycles. The second kappa shape index (κ2) is 24.0. The lowest BCUT2D eigenvalue weighted by Crippen LogP contribution is -2.32. The van der Waals surface area contributed by atoms with Crippen LogP contribution in [0.4, 0.5) is 17.1 Å². The summed E-state index contributed by atoms with van der Waals surface area (Å²) >= 11 is 0. The summed E-state index contributed by atoms with van der Waals surface area (Å²) in [4.78, 5) is 34.6. The highest BCUT2D eigenvalue weighted by Crippen LogP contribution is 2.23. The number of benzene rings is 3. The molecule has 3 aliphatic heterocycles. The van der Waals surface area contributed by atoms with E-state index in [0.717, 1.165) is 43.1 Å². The van der Waals surface area contributed by atoms with Crippen molar-refractivity contribution >= 4 is 34.8 Å². The number of nitrogens with zero attached hydrogens (tertiary/aromatic N) is 3. The summed E-state index contributed by atoms with van der Waals surface area (Å²) in [5, 5.41) is 5.76. The van der Waals surface area contributed by atoms with E-state index in [1.54, 1.807) is 0 Å². The molecular weight excluding hydrogens is 673 g/mol. The van der Waals surface area contributed by atoms with Crippen molar-refractivity contribution in [3.63, 3.8) is 0 Å². The molecule has 3 aliphatic rings. The maximum Gasteiger partial charge on any atom is 0.243 e. The summed E-state index contributed by atoms with van der Waals surface area (Å²) in [5.74, 6) is 0.712. The van der Waals surface area contributed by atoms with Crippen molar-refractivity contribution in [1.82, 2.24) is 16.3 Å². The zero-order valence-electron chi connectivity index (χ0n) is 33.2. The number of carbonyl (C=O) groups excluding carboxylic acids is 3. The largest absolute Gasteiger partial charge is 0.285 e. The standard InChI is InChI=1S/C25H42N2O.2C10H12N2O/c1-2-3-4-5-6-7-8-9-10-11-12-13-14-16-19-23-22-27(26-25(23)28)24-20-17-15-18-21-24;2*1-8-7-12(11-10(8)13)9-5-3-2-4-6-9/h15,17-18,20-21,23H,2-14,16,19,22H2,1H3,(H,26,28);2*2-6,8H,7H2,1H3,(H,11,13). The van der Waals surface area contributed by atoms with E-state index in [-0.39, 0.29) is 35.5 Å². The van der Waals surface area contributed by atoms with E-state index in [1.807, 2.05) is 108 Å². The van der Waals surface area contributed by atoms with E-state index in [0.29, 0.717) is 0 Å². The summed E-state index contributed by atoms with van der Waals surface area (Å²) in [6.45, 7) is 8.45. The highest BCUT2D eigenvalue weighted by Gasteiger charge is 2.30. The van der Waals surface area contributed by atoms with Crippen molar-refractivity contribution in [3.05, 3.63) is 91.0 Å². The van der Waals surface area contributed by atoms with Gasteiger partial charge < -0.3 is 0 Å². The number of carbonyl (C=O) groups is 3. The van der Waals surface area contributed by atoms with Crippen LogP contribution in [0.5, 0.6) is 0 Å². The summed E-state index contributed by atoms with van der Waals surface area (Å²) in [6.07, 6.45) is 20.3. The molecule has 3 saturated heterocycles. The maximum atomic E-state index is 12.2. The Morgan fingerprint density at radius 1 is 0.444 bits per heavy atom. The van der Waals surface area contributed by atoms with Gasteiger partial charge in [0.25, 0.3) is 0 Å². The Balaban J connectivity index is 0.000000205. The molecule has 3 unspecified atom stereocenters. The van der Waals surface area contributed by atoms with Crippen LogP contribution in [-0.4, -0.2) is 37.4 Å². The van der Waals surface area contributed by atoms with Gasteiger partial charge in [0.1, 0.15) is 0 Å². The van der Waals surface area contributed by atoms with Crippen LogP contribution in [-0.2, 0) is 14.4 Å². The molecule has 0 saturated carbocycles. The lowest BCUT2D eigenvalue weighted by atomic mass is 10.00. The van der Waals surface area contributed by atoms with Crippen molar-refractivity contribution in [3.8, 4) is 0 Å². The first-order chi connectivity index (χ1) is 26.4. The minimum Gasteiger partial charge on any atom is -0.285 e. The number of unbranched alkanes of at least 4 members (excludes halogenated alkanes) is 13. The lowest BCUT2D eigenvalue weighted by Gasteiger charge is -2.17. The topological polar surface area (TPSA) is 97.0 Å². The monoisotopic (exact) mass is 739 g/mol. The Kier molecular flexibility index (Phi) is 18.8. The molecule has 0 radical (unpaired) electrons. The third kappa shape index (κ3) is 14.7. The third-order valence-electron chi connectivity index (χ3n) is 10.4. The molecule has 3 heterocycles. The third-order valence-corrected chi connectivity index (χ3v) is 10.4. The molecule has 6 rings (SSSR count). The van der Waals surface area contributed by atoms with Crippen molar-refractivity contribution in [2.75, 3.05) is 34.7 Å². The van der Waals surface area contributed by atoms with E-state index >= 15 is 0 Å². The van der Waals surface area contributed by atoms with Gasteiger partial charge in [-0.05, 0) is 42.8 Å². The molecule has 3 amide bonds. The predicted molar refractivity (Wildman–Crippen MR) is 223 cm³/mol. The van der Waals surface area contributed by atoms with Gasteiger partial charge in [-0.25, -0.2) is 0 Å². The fourth-order valence-corrected chi connectivity index (χ4v) is 7.01. The van der Waals surface area contributed by atoms with Gasteiger partial charge in [0.2, 0.25) is 17.7 Å². The molecule has 3 fully saturated rings. The van der Waals surface area contributed by atoms with Crippen LogP contribution < -0.4 is 31.3 Å². The molecule has 9 heteroatoms. The Hall–Kier alpha value is -4.53. The average Bonchev–Trinajstić information content (AvgIpc) is 3.87. The number of hydrazine groups is 3. The first-order valence-corrected chi connectivity index (χ1v) is 20.7. The molecule has 0 spiro atoms. The molecule has 3 atom stereocenters. The number of hydrogen-bond acceptors (Lipinski definition) is 6. The van der Waals surface area contributed by atoms with Crippen LogP contribution in [0.1, 0.15) is 117 Å². The van der Waals surface area contributed by atoms with Gasteiger partial charge in [-0.2, -0.15) is 0 Å². The smallest absolute Gasteiger partial charge is 0.243 e. The molecule has 3 aromatic rings. The second-order valence-corrected chi connectivity index (χ2v) is 15.2. The highest BCUT2D eigenvalue weighted by molar-refractivity contribution is 5.85. The van der Waals surface area contributed by atoms with Gasteiger partial charge >= 0.3 is 0 Å². The van der Waals surface area contributed by atoms with Crippen LogP contribution in [0.2, 0.25) is 0 Å². The van der Waals surface area contributed by atoms with E-state index in [4.69, 9.17) is 0 Å².